The van der Waals surface area contributed by atoms with Gasteiger partial charge < -0.3 is 14.2 Å². The maximum Gasteiger partial charge on any atom is 0.336 e. The van der Waals surface area contributed by atoms with E-state index in [4.69, 9.17) is 4.74 Å². The van der Waals surface area contributed by atoms with Crippen LogP contribution in [-0.4, -0.2) is 30.1 Å². The Kier molecular flexibility index (Phi) is 5.46. The lowest BCUT2D eigenvalue weighted by Gasteiger charge is -2.27. The average Bonchev–Trinajstić information content (AvgIpc) is 3.46. The molecule has 1 spiro atoms. The van der Waals surface area contributed by atoms with Gasteiger partial charge in [-0.25, -0.2) is 4.79 Å². The van der Waals surface area contributed by atoms with Crippen molar-refractivity contribution in [2.24, 2.45) is 7.05 Å². The molecule has 6 heteroatoms. The fourth-order valence-electron chi connectivity index (χ4n) is 5.99. The van der Waals surface area contributed by atoms with E-state index in [-0.39, 0.29) is 12.5 Å². The first kappa shape index (κ1) is 23.5. The lowest BCUT2D eigenvalue weighted by atomic mass is 9.71. The van der Waals surface area contributed by atoms with Gasteiger partial charge in [-0.3, -0.25) is 4.79 Å². The Bertz CT molecular complexity index is 1680. The predicted octanol–water partition coefficient (Wildman–Crippen LogP) is 6.25. The summed E-state index contributed by atoms with van der Waals surface area (Å²) in [5.41, 5.74) is 5.01. The standard InChI is InChI=1S/C31H25BrN2O3/c1-4-37-29(35)27-21(18-17-19-11-5-8-14-23(19)32)28-26(20-12-6-9-15-24(20)33(28)2)31(27)22-13-7-10-16-25(22)34(3)30(31)36/h5-18H,4H2,1-3H3/b18-17+. The molecule has 0 bridgehead atoms. The molecule has 1 atom stereocenters. The molecule has 0 saturated heterocycles. The van der Waals surface area contributed by atoms with Crippen molar-refractivity contribution in [3.8, 4) is 0 Å². The van der Waals surface area contributed by atoms with Gasteiger partial charge in [0.25, 0.3) is 0 Å². The van der Waals surface area contributed by atoms with Crippen molar-refractivity contribution >= 4 is 56.0 Å². The van der Waals surface area contributed by atoms with E-state index in [1.54, 1.807) is 18.9 Å². The first-order valence-corrected chi connectivity index (χ1v) is 13.0. The molecule has 3 aromatic carbocycles. The molecule has 2 heterocycles. The number of hydrogen-bond acceptors (Lipinski definition) is 3. The SMILES string of the molecule is CCOC(=O)C1=C(/C=C/c2ccccc2Br)c2c(c3ccccc3n2C)C12C(=O)N(C)c1ccccc12. The highest BCUT2D eigenvalue weighted by Gasteiger charge is 2.62. The number of esters is 1. The van der Waals surface area contributed by atoms with E-state index in [0.29, 0.717) is 11.1 Å². The monoisotopic (exact) mass is 552 g/mol. The number of carbonyl (C=O) groups is 2. The third-order valence-corrected chi connectivity index (χ3v) is 8.21. The molecule has 0 saturated carbocycles. The Hall–Kier alpha value is -3.90. The number of halogens is 1. The van der Waals surface area contributed by atoms with E-state index in [9.17, 15) is 9.59 Å². The second kappa shape index (κ2) is 8.60. The Morgan fingerprint density at radius 3 is 2.46 bits per heavy atom. The van der Waals surface area contributed by atoms with E-state index in [2.05, 4.69) is 26.6 Å². The summed E-state index contributed by atoms with van der Waals surface area (Å²) in [6, 6.07) is 23.7. The number of likely N-dealkylation sites (N-methyl/N-ethyl adjacent to an activating group) is 1. The lowest BCUT2D eigenvalue weighted by molar-refractivity contribution is -0.140. The maximum absolute atomic E-state index is 14.4. The van der Waals surface area contributed by atoms with Gasteiger partial charge in [0.15, 0.2) is 0 Å². The molecular formula is C31H25BrN2O3. The highest BCUT2D eigenvalue weighted by atomic mass is 79.9. The Balaban J connectivity index is 1.77. The predicted molar refractivity (Wildman–Crippen MR) is 150 cm³/mol. The molecule has 1 unspecified atom stereocenters. The first-order valence-electron chi connectivity index (χ1n) is 12.2. The molecule has 2 aliphatic rings. The molecule has 1 aromatic heterocycles. The van der Waals surface area contributed by atoms with Crippen LogP contribution in [0.15, 0.2) is 88.9 Å². The van der Waals surface area contributed by atoms with E-state index < -0.39 is 11.4 Å². The smallest absolute Gasteiger partial charge is 0.336 e. The lowest BCUT2D eigenvalue weighted by Crippen LogP contribution is -2.42. The van der Waals surface area contributed by atoms with Gasteiger partial charge >= 0.3 is 5.97 Å². The summed E-state index contributed by atoms with van der Waals surface area (Å²) >= 11 is 3.62. The number of aryl methyl sites for hydroxylation is 1. The van der Waals surface area contributed by atoms with Gasteiger partial charge in [0.2, 0.25) is 5.91 Å². The van der Waals surface area contributed by atoms with Crippen LogP contribution in [0.2, 0.25) is 0 Å². The number of ether oxygens (including phenoxy) is 1. The van der Waals surface area contributed by atoms with Crippen molar-refractivity contribution in [1.29, 1.82) is 0 Å². The normalized spacial score (nSPS) is 18.4. The zero-order chi connectivity index (χ0) is 25.9. The minimum absolute atomic E-state index is 0.154. The zero-order valence-corrected chi connectivity index (χ0v) is 22.4. The number of rotatable bonds is 4. The zero-order valence-electron chi connectivity index (χ0n) is 20.8. The Labute approximate surface area is 223 Å². The summed E-state index contributed by atoms with van der Waals surface area (Å²) in [5.74, 6) is -0.633. The van der Waals surface area contributed by atoms with E-state index >= 15 is 0 Å². The van der Waals surface area contributed by atoms with Crippen molar-refractivity contribution in [3.63, 3.8) is 0 Å². The summed E-state index contributed by atoms with van der Waals surface area (Å²) in [5, 5.41) is 0.949. The molecular weight excluding hydrogens is 528 g/mol. The molecule has 1 amide bonds. The first-order chi connectivity index (χ1) is 17.9. The minimum atomic E-state index is -1.30. The molecule has 5 nitrogen and oxygen atoms in total. The summed E-state index contributed by atoms with van der Waals surface area (Å²) in [6.07, 6.45) is 3.93. The minimum Gasteiger partial charge on any atom is -0.463 e. The van der Waals surface area contributed by atoms with Crippen LogP contribution in [0.3, 0.4) is 0 Å². The number of fused-ring (bicyclic) bond motifs is 6. The fourth-order valence-corrected chi connectivity index (χ4v) is 6.41. The summed E-state index contributed by atoms with van der Waals surface area (Å²) < 4.78 is 8.68. The molecule has 0 fully saturated rings. The third kappa shape index (κ3) is 3.08. The van der Waals surface area contributed by atoms with Gasteiger partial charge in [-0.2, -0.15) is 0 Å². The average molecular weight is 553 g/mol. The number of anilines is 1. The molecule has 1 aliphatic carbocycles. The second-order valence-corrected chi connectivity index (χ2v) is 10.1. The maximum atomic E-state index is 14.4. The highest BCUT2D eigenvalue weighted by Crippen LogP contribution is 2.60. The molecule has 0 N–H and O–H groups in total. The molecule has 1 aliphatic heterocycles. The third-order valence-electron chi connectivity index (χ3n) is 7.49. The van der Waals surface area contributed by atoms with Gasteiger partial charge in [0, 0.05) is 51.9 Å². The van der Waals surface area contributed by atoms with Crippen LogP contribution in [-0.2, 0) is 26.8 Å². The number of hydrogen-bond donors (Lipinski definition) is 0. The van der Waals surface area contributed by atoms with E-state index in [1.165, 1.54) is 0 Å². The number of nitrogens with zero attached hydrogens (tertiary/aromatic N) is 2. The van der Waals surface area contributed by atoms with Crippen LogP contribution in [0.4, 0.5) is 5.69 Å². The number of benzene rings is 3. The molecule has 184 valence electrons. The van der Waals surface area contributed by atoms with Crippen molar-refractivity contribution < 1.29 is 14.3 Å². The quantitative estimate of drug-likeness (QED) is 0.281. The number of amides is 1. The summed E-state index contributed by atoms with van der Waals surface area (Å²) in [6.45, 7) is 2.00. The number of aromatic nitrogens is 1. The Morgan fingerprint density at radius 1 is 0.973 bits per heavy atom. The van der Waals surface area contributed by atoms with Gasteiger partial charge in [-0.05, 0) is 30.7 Å². The van der Waals surface area contributed by atoms with Gasteiger partial charge in [-0.15, -0.1) is 0 Å². The number of carbonyl (C=O) groups excluding carboxylic acids is 2. The summed E-state index contributed by atoms with van der Waals surface area (Å²) in [7, 11) is 3.77. The topological polar surface area (TPSA) is 51.5 Å². The van der Waals surface area contributed by atoms with Crippen molar-refractivity contribution in [2.45, 2.75) is 12.3 Å². The second-order valence-electron chi connectivity index (χ2n) is 9.30. The van der Waals surface area contributed by atoms with E-state index in [1.807, 2.05) is 85.9 Å². The fraction of sp³-hybridized carbons (Fsp3) is 0.161. The van der Waals surface area contributed by atoms with Gasteiger partial charge in [0.1, 0.15) is 5.41 Å². The molecule has 6 rings (SSSR count). The van der Waals surface area contributed by atoms with Crippen LogP contribution in [0.25, 0.3) is 22.6 Å². The largest absolute Gasteiger partial charge is 0.463 e. The van der Waals surface area contributed by atoms with Crippen LogP contribution in [0.1, 0.15) is 29.3 Å². The Morgan fingerprint density at radius 2 is 1.68 bits per heavy atom. The van der Waals surface area contributed by atoms with Crippen LogP contribution in [0.5, 0.6) is 0 Å². The molecule has 0 radical (unpaired) electrons. The molecule has 37 heavy (non-hydrogen) atoms. The highest BCUT2D eigenvalue weighted by molar-refractivity contribution is 9.10. The summed E-state index contributed by atoms with van der Waals surface area (Å²) in [4.78, 5) is 30.0. The van der Waals surface area contributed by atoms with Crippen LogP contribution < -0.4 is 4.90 Å². The van der Waals surface area contributed by atoms with Crippen molar-refractivity contribution in [1.82, 2.24) is 4.57 Å². The van der Waals surface area contributed by atoms with E-state index in [0.717, 1.165) is 43.4 Å². The van der Waals surface area contributed by atoms with Crippen LogP contribution >= 0.6 is 15.9 Å². The van der Waals surface area contributed by atoms with Crippen molar-refractivity contribution in [2.75, 3.05) is 18.6 Å². The van der Waals surface area contributed by atoms with Crippen LogP contribution in [0, 0.1) is 0 Å². The van der Waals surface area contributed by atoms with Crippen molar-refractivity contribution in [3.05, 3.63) is 111 Å². The van der Waals surface area contributed by atoms with Gasteiger partial charge in [0.05, 0.1) is 17.9 Å². The number of allylic oxidation sites excluding steroid dienone is 2. The van der Waals surface area contributed by atoms with Gasteiger partial charge in [-0.1, -0.05) is 82.7 Å². The number of para-hydroxylation sites is 2. The molecule has 4 aromatic rings.